The molecule has 0 rings (SSSR count). The van der Waals surface area contributed by atoms with Gasteiger partial charge in [0.25, 0.3) is 0 Å². The monoisotopic (exact) mass is 103 g/mol. The number of rotatable bonds is 2. The third-order valence-electron chi connectivity index (χ3n) is 0.583. The van der Waals surface area contributed by atoms with E-state index in [1.807, 2.05) is 13.8 Å². The Morgan fingerprint density at radius 3 is 2.14 bits per heavy atom. The average molecular weight is 103 g/mol. The van der Waals surface area contributed by atoms with E-state index < -0.39 is 5.97 Å². The predicted octanol–water partition coefficient (Wildman–Crippen LogP) is 1.12. The fourth-order valence-corrected chi connectivity index (χ4v) is 0.349. The average Bonchev–Trinajstić information content (AvgIpc) is 1.27. The predicted molar refractivity (Wildman–Crippen MR) is 27.1 cm³/mol. The van der Waals surface area contributed by atoms with Gasteiger partial charge < -0.3 is 5.11 Å². The first kappa shape index (κ1) is 6.47. The Morgan fingerprint density at radius 1 is 1.71 bits per heavy atom. The number of carbonyl (C=O) groups is 1. The van der Waals surface area contributed by atoms with Crippen molar-refractivity contribution in [3.63, 3.8) is 0 Å². The van der Waals surface area contributed by atoms with Crippen LogP contribution in [0.2, 0.25) is 0 Å². The second kappa shape index (κ2) is 2.61. The number of hydrogen-bond donors (Lipinski definition) is 1. The second-order valence-electron chi connectivity index (χ2n) is 1.99. The normalized spacial score (nSPS) is 13.4. The maximum absolute atomic E-state index is 9.81. The van der Waals surface area contributed by atoms with E-state index in [1.165, 1.54) is 0 Å². The summed E-state index contributed by atoms with van der Waals surface area (Å²) in [7, 11) is 0. The van der Waals surface area contributed by atoms with Crippen LogP contribution >= 0.6 is 0 Å². The van der Waals surface area contributed by atoms with Gasteiger partial charge in [0.2, 0.25) is 0 Å². The van der Waals surface area contributed by atoms with Crippen molar-refractivity contribution in [2.45, 2.75) is 20.3 Å². The van der Waals surface area contributed by atoms with Crippen molar-refractivity contribution in [2.75, 3.05) is 0 Å². The molecule has 0 aromatic carbocycles. The van der Waals surface area contributed by atoms with Crippen LogP contribution in [0.1, 0.15) is 20.3 Å². The molecule has 0 amide bonds. The van der Waals surface area contributed by atoms with Crippen LogP contribution in [0.25, 0.3) is 0 Å². The van der Waals surface area contributed by atoms with Gasteiger partial charge in [-0.15, -0.1) is 0 Å². The molecule has 0 spiro atoms. The SMILES string of the molecule is C[C@H]([13CH3])CC(=O)O. The van der Waals surface area contributed by atoms with Gasteiger partial charge in [0.15, 0.2) is 0 Å². The first-order chi connectivity index (χ1) is 3.13. The van der Waals surface area contributed by atoms with Crippen LogP contribution in [-0.4, -0.2) is 11.1 Å². The molecular weight excluding hydrogens is 93.0 g/mol. The molecule has 0 aliphatic carbocycles. The molecule has 1 N–H and O–H groups in total. The summed E-state index contributed by atoms with van der Waals surface area (Å²) in [6, 6.07) is 0. The fourth-order valence-electron chi connectivity index (χ4n) is 0.349. The van der Waals surface area contributed by atoms with E-state index in [2.05, 4.69) is 0 Å². The standard InChI is InChI=1S/C5H10O2/c1-4(2)3-5(6)7/h4H,3H2,1-2H3,(H,6,7)/i1+1/t4-/m0/s1. The summed E-state index contributed by atoms with van der Waals surface area (Å²) in [5.41, 5.74) is 0. The van der Waals surface area contributed by atoms with Gasteiger partial charge >= 0.3 is 5.97 Å². The smallest absolute Gasteiger partial charge is 0.303 e. The van der Waals surface area contributed by atoms with Crippen molar-refractivity contribution in [3.8, 4) is 0 Å². The molecule has 0 aromatic rings. The van der Waals surface area contributed by atoms with Crippen LogP contribution in [-0.2, 0) is 4.79 Å². The van der Waals surface area contributed by atoms with Gasteiger partial charge in [0, 0.05) is 6.42 Å². The molecule has 42 valence electrons. The zero-order valence-electron chi connectivity index (χ0n) is 4.64. The molecule has 0 unspecified atom stereocenters. The van der Waals surface area contributed by atoms with E-state index in [9.17, 15) is 4.79 Å². The van der Waals surface area contributed by atoms with E-state index >= 15 is 0 Å². The molecular formula is C5H10O2. The van der Waals surface area contributed by atoms with Gasteiger partial charge in [-0.25, -0.2) is 0 Å². The van der Waals surface area contributed by atoms with Crippen LogP contribution in [0.15, 0.2) is 0 Å². The molecule has 0 aliphatic heterocycles. The summed E-state index contributed by atoms with van der Waals surface area (Å²) in [4.78, 5) is 9.81. The summed E-state index contributed by atoms with van der Waals surface area (Å²) in [5, 5.41) is 8.08. The van der Waals surface area contributed by atoms with E-state index in [1.54, 1.807) is 0 Å². The van der Waals surface area contributed by atoms with Gasteiger partial charge in [0.05, 0.1) is 0 Å². The van der Waals surface area contributed by atoms with Crippen LogP contribution in [0, 0.1) is 5.92 Å². The minimum Gasteiger partial charge on any atom is -0.481 e. The molecule has 2 nitrogen and oxygen atoms in total. The summed E-state index contributed by atoms with van der Waals surface area (Å²) < 4.78 is 0. The lowest BCUT2D eigenvalue weighted by Crippen LogP contribution is -1.99. The van der Waals surface area contributed by atoms with Gasteiger partial charge in [0.1, 0.15) is 0 Å². The van der Waals surface area contributed by atoms with Crippen molar-refractivity contribution >= 4 is 5.97 Å². The van der Waals surface area contributed by atoms with Crippen molar-refractivity contribution in [3.05, 3.63) is 0 Å². The summed E-state index contributed by atoms with van der Waals surface area (Å²) >= 11 is 0. The third-order valence-corrected chi connectivity index (χ3v) is 0.583. The van der Waals surface area contributed by atoms with Crippen LogP contribution < -0.4 is 0 Å². The lowest BCUT2D eigenvalue weighted by molar-refractivity contribution is -0.137. The number of hydrogen-bond acceptors (Lipinski definition) is 1. The summed E-state index contributed by atoms with van der Waals surface area (Å²) in [6.45, 7) is 3.77. The highest BCUT2D eigenvalue weighted by atomic mass is 16.4. The lowest BCUT2D eigenvalue weighted by atomic mass is 10.2. The minimum absolute atomic E-state index is 0.275. The summed E-state index contributed by atoms with van der Waals surface area (Å²) in [6.07, 6.45) is 0.278. The Morgan fingerprint density at radius 2 is 2.14 bits per heavy atom. The summed E-state index contributed by atoms with van der Waals surface area (Å²) in [5.74, 6) is -0.438. The lowest BCUT2D eigenvalue weighted by Gasteiger charge is -1.94. The van der Waals surface area contributed by atoms with Crippen LogP contribution in [0.4, 0.5) is 0 Å². The molecule has 0 bridgehead atoms. The highest BCUT2D eigenvalue weighted by Crippen LogP contribution is 1.96. The number of carboxylic acid groups (broad SMARTS) is 1. The Hall–Kier alpha value is -0.530. The van der Waals surface area contributed by atoms with Crippen molar-refractivity contribution < 1.29 is 9.90 Å². The van der Waals surface area contributed by atoms with Gasteiger partial charge in [-0.05, 0) is 5.92 Å². The minimum atomic E-state index is -0.713. The Labute approximate surface area is 43.2 Å². The number of carboxylic acids is 1. The van der Waals surface area contributed by atoms with Crippen LogP contribution in [0.3, 0.4) is 0 Å². The topological polar surface area (TPSA) is 37.3 Å². The van der Waals surface area contributed by atoms with Gasteiger partial charge in [-0.3, -0.25) is 4.79 Å². The zero-order chi connectivity index (χ0) is 5.86. The molecule has 7 heavy (non-hydrogen) atoms. The first-order valence-electron chi connectivity index (χ1n) is 2.34. The molecule has 1 atom stereocenters. The van der Waals surface area contributed by atoms with Gasteiger partial charge in [-0.2, -0.15) is 0 Å². The van der Waals surface area contributed by atoms with E-state index in [0.717, 1.165) is 0 Å². The first-order valence-corrected chi connectivity index (χ1v) is 2.34. The zero-order valence-corrected chi connectivity index (χ0v) is 4.64. The fraction of sp³-hybridized carbons (Fsp3) is 0.800. The quantitative estimate of drug-likeness (QED) is 0.531. The Kier molecular flexibility index (Phi) is 2.41. The second-order valence-corrected chi connectivity index (χ2v) is 1.99. The number of aliphatic carboxylic acids is 1. The molecule has 0 heterocycles. The van der Waals surface area contributed by atoms with Crippen molar-refractivity contribution in [1.82, 2.24) is 0 Å². The van der Waals surface area contributed by atoms with Crippen molar-refractivity contribution in [2.24, 2.45) is 5.92 Å². The Balaban J connectivity index is 3.13. The molecule has 0 saturated carbocycles. The highest BCUT2D eigenvalue weighted by molar-refractivity contribution is 5.66. The molecule has 0 fully saturated rings. The molecule has 0 aromatic heterocycles. The molecule has 0 aliphatic rings. The van der Waals surface area contributed by atoms with Crippen molar-refractivity contribution in [1.29, 1.82) is 0 Å². The molecule has 2 heteroatoms. The molecule has 0 saturated heterocycles. The largest absolute Gasteiger partial charge is 0.481 e. The molecule has 0 radical (unpaired) electrons. The maximum atomic E-state index is 9.81. The van der Waals surface area contributed by atoms with E-state index in [-0.39, 0.29) is 12.3 Å². The van der Waals surface area contributed by atoms with Crippen LogP contribution in [0.5, 0.6) is 0 Å². The van der Waals surface area contributed by atoms with E-state index in [0.29, 0.717) is 0 Å². The Bertz CT molecular complexity index is 66.5. The third kappa shape index (κ3) is 5.47. The van der Waals surface area contributed by atoms with E-state index in [4.69, 9.17) is 5.11 Å². The highest BCUT2D eigenvalue weighted by Gasteiger charge is 1.98. The van der Waals surface area contributed by atoms with Gasteiger partial charge in [-0.1, -0.05) is 13.8 Å². The maximum Gasteiger partial charge on any atom is 0.303 e.